The van der Waals surface area contributed by atoms with E-state index in [0.717, 1.165) is 16.7 Å². The van der Waals surface area contributed by atoms with Crippen molar-refractivity contribution in [3.63, 3.8) is 0 Å². The van der Waals surface area contributed by atoms with Crippen LogP contribution in [0.1, 0.15) is 38.8 Å². The number of esters is 1. The second-order valence-electron chi connectivity index (χ2n) is 8.21. The number of hydrogen-bond acceptors (Lipinski definition) is 5. The molecule has 0 spiro atoms. The molecule has 2 aromatic carbocycles. The van der Waals surface area contributed by atoms with E-state index in [-0.39, 0.29) is 30.2 Å². The van der Waals surface area contributed by atoms with E-state index >= 15 is 0 Å². The Hall–Kier alpha value is -2.88. The first kappa shape index (κ1) is 27.2. The Bertz CT molecular complexity index is 936. The molecule has 0 aliphatic rings. The number of amides is 1. The second-order valence-corrected chi connectivity index (χ2v) is 8.21. The minimum atomic E-state index is -0.681. The van der Waals surface area contributed by atoms with Crippen LogP contribution in [0.4, 0.5) is 0 Å². The first-order valence-electron chi connectivity index (χ1n) is 10.5. The number of hydrogen-bond donors (Lipinski definition) is 2. The quantitative estimate of drug-likeness (QED) is 0.554. The van der Waals surface area contributed by atoms with Crippen LogP contribution in [0, 0.1) is 23.2 Å². The summed E-state index contributed by atoms with van der Waals surface area (Å²) in [5, 5.41) is 15.4. The van der Waals surface area contributed by atoms with E-state index in [0.29, 0.717) is 12.1 Å². The molecule has 172 valence electrons. The average Bonchev–Trinajstić information content (AvgIpc) is 2.77. The molecule has 0 heterocycles. The number of nitrogens with one attached hydrogen (secondary N) is 2. The minimum Gasteiger partial charge on any atom is -0.467 e. The summed E-state index contributed by atoms with van der Waals surface area (Å²) in [5.41, 5.74) is 3.52. The Morgan fingerprint density at radius 1 is 0.969 bits per heavy atom. The fraction of sp³-hybridized carbons (Fsp3) is 0.400. The topological polar surface area (TPSA) is 91.2 Å². The lowest BCUT2D eigenvalue weighted by molar-refractivity contribution is -0.146. The van der Waals surface area contributed by atoms with Gasteiger partial charge < -0.3 is 15.4 Å². The average molecular weight is 458 g/mol. The van der Waals surface area contributed by atoms with Crippen molar-refractivity contribution < 1.29 is 14.3 Å². The first-order valence-corrected chi connectivity index (χ1v) is 10.5. The molecule has 0 radical (unpaired) electrons. The normalized spacial score (nSPS) is 12.4. The number of methoxy groups -OCH3 is 1. The molecule has 2 N–H and O–H groups in total. The van der Waals surface area contributed by atoms with E-state index in [2.05, 4.69) is 16.7 Å². The molecule has 0 bridgehead atoms. The van der Waals surface area contributed by atoms with Gasteiger partial charge in [0, 0.05) is 6.54 Å². The lowest BCUT2D eigenvalue weighted by Crippen LogP contribution is -2.53. The van der Waals surface area contributed by atoms with Crippen molar-refractivity contribution in [3.8, 4) is 17.2 Å². The van der Waals surface area contributed by atoms with Gasteiger partial charge in [-0.1, -0.05) is 70.2 Å². The monoisotopic (exact) mass is 457 g/mol. The van der Waals surface area contributed by atoms with E-state index in [1.807, 2.05) is 70.2 Å². The summed E-state index contributed by atoms with van der Waals surface area (Å²) in [6.45, 7) is 8.15. The SMILES string of the molecule is COC(=O)[C@@H](NC(=O)[C@@H](NCc1ccc(-c2ccccc2C#N)cc1)C(C)C)C(C)C.Cl. The van der Waals surface area contributed by atoms with Crippen LogP contribution in [0.2, 0.25) is 0 Å². The van der Waals surface area contributed by atoms with Gasteiger partial charge in [-0.25, -0.2) is 4.79 Å². The molecule has 32 heavy (non-hydrogen) atoms. The molecule has 0 saturated heterocycles. The predicted molar refractivity (Wildman–Crippen MR) is 128 cm³/mol. The largest absolute Gasteiger partial charge is 0.467 e. The summed E-state index contributed by atoms with van der Waals surface area (Å²) in [6, 6.07) is 16.5. The molecule has 1 amide bonds. The maximum absolute atomic E-state index is 12.8. The smallest absolute Gasteiger partial charge is 0.328 e. The number of nitriles is 1. The van der Waals surface area contributed by atoms with Gasteiger partial charge in [-0.15, -0.1) is 12.4 Å². The number of nitrogens with zero attached hydrogens (tertiary/aromatic N) is 1. The van der Waals surface area contributed by atoms with Crippen LogP contribution in [0.3, 0.4) is 0 Å². The summed E-state index contributed by atoms with van der Waals surface area (Å²) < 4.78 is 4.81. The number of benzene rings is 2. The third kappa shape index (κ3) is 7.08. The molecule has 0 unspecified atom stereocenters. The predicted octanol–water partition coefficient (Wildman–Crippen LogP) is 4.08. The van der Waals surface area contributed by atoms with Gasteiger partial charge in [0.25, 0.3) is 0 Å². The van der Waals surface area contributed by atoms with Crippen LogP contribution in [0.15, 0.2) is 48.5 Å². The second kappa shape index (κ2) is 12.8. The van der Waals surface area contributed by atoms with Gasteiger partial charge in [0.2, 0.25) is 5.91 Å². The Labute approximate surface area is 196 Å². The molecule has 0 aliphatic heterocycles. The third-order valence-corrected chi connectivity index (χ3v) is 5.21. The number of halogens is 1. The van der Waals surface area contributed by atoms with Crippen molar-refractivity contribution in [1.29, 1.82) is 5.26 Å². The van der Waals surface area contributed by atoms with Crippen molar-refractivity contribution in [3.05, 3.63) is 59.7 Å². The number of rotatable bonds is 9. The molecule has 2 atom stereocenters. The van der Waals surface area contributed by atoms with Gasteiger partial charge in [-0.05, 0) is 34.6 Å². The Kier molecular flexibility index (Phi) is 10.9. The molecule has 0 aliphatic carbocycles. The lowest BCUT2D eigenvalue weighted by Gasteiger charge is -2.26. The van der Waals surface area contributed by atoms with E-state index in [9.17, 15) is 14.9 Å². The highest BCUT2D eigenvalue weighted by atomic mass is 35.5. The van der Waals surface area contributed by atoms with Crippen LogP contribution in [0.25, 0.3) is 11.1 Å². The fourth-order valence-corrected chi connectivity index (χ4v) is 3.36. The zero-order valence-corrected chi connectivity index (χ0v) is 20.0. The summed E-state index contributed by atoms with van der Waals surface area (Å²) in [7, 11) is 1.32. The van der Waals surface area contributed by atoms with Crippen LogP contribution in [0.5, 0.6) is 0 Å². The van der Waals surface area contributed by atoms with Gasteiger partial charge >= 0.3 is 5.97 Å². The van der Waals surface area contributed by atoms with Crippen LogP contribution in [-0.4, -0.2) is 31.1 Å². The molecule has 7 heteroatoms. The van der Waals surface area contributed by atoms with Crippen molar-refractivity contribution in [2.75, 3.05) is 7.11 Å². The molecular formula is C25H32ClN3O3. The van der Waals surface area contributed by atoms with Gasteiger partial charge in [0.1, 0.15) is 6.04 Å². The van der Waals surface area contributed by atoms with E-state index < -0.39 is 18.1 Å². The Balaban J connectivity index is 0.00000512. The van der Waals surface area contributed by atoms with Gasteiger partial charge in [0.05, 0.1) is 24.8 Å². The van der Waals surface area contributed by atoms with Crippen molar-refractivity contribution in [1.82, 2.24) is 10.6 Å². The highest BCUT2D eigenvalue weighted by Gasteiger charge is 2.29. The zero-order chi connectivity index (χ0) is 23.0. The van der Waals surface area contributed by atoms with Crippen LogP contribution < -0.4 is 10.6 Å². The van der Waals surface area contributed by atoms with Crippen molar-refractivity contribution in [2.45, 2.75) is 46.3 Å². The van der Waals surface area contributed by atoms with E-state index in [1.165, 1.54) is 7.11 Å². The third-order valence-electron chi connectivity index (χ3n) is 5.21. The number of carbonyl (C=O) groups excluding carboxylic acids is 2. The molecule has 6 nitrogen and oxygen atoms in total. The zero-order valence-electron chi connectivity index (χ0n) is 19.2. The molecule has 0 fully saturated rings. The highest BCUT2D eigenvalue weighted by molar-refractivity contribution is 5.87. The van der Waals surface area contributed by atoms with Gasteiger partial charge in [-0.3, -0.25) is 4.79 Å². The summed E-state index contributed by atoms with van der Waals surface area (Å²) >= 11 is 0. The van der Waals surface area contributed by atoms with Crippen LogP contribution >= 0.6 is 12.4 Å². The van der Waals surface area contributed by atoms with Crippen molar-refractivity contribution >= 4 is 24.3 Å². The maximum Gasteiger partial charge on any atom is 0.328 e. The molecule has 2 rings (SSSR count). The van der Waals surface area contributed by atoms with Crippen molar-refractivity contribution in [2.24, 2.45) is 11.8 Å². The fourth-order valence-electron chi connectivity index (χ4n) is 3.36. The minimum absolute atomic E-state index is 0. The number of carbonyl (C=O) groups is 2. The lowest BCUT2D eigenvalue weighted by atomic mass is 9.98. The molecule has 0 aromatic heterocycles. The molecule has 2 aromatic rings. The van der Waals surface area contributed by atoms with E-state index in [1.54, 1.807) is 6.07 Å². The van der Waals surface area contributed by atoms with Crippen LogP contribution in [-0.2, 0) is 20.9 Å². The summed E-state index contributed by atoms with van der Waals surface area (Å²) in [4.78, 5) is 24.8. The number of ether oxygens (including phenoxy) is 1. The highest BCUT2D eigenvalue weighted by Crippen LogP contribution is 2.23. The summed E-state index contributed by atoms with van der Waals surface area (Å²) in [6.07, 6.45) is 0. The first-order chi connectivity index (χ1) is 14.8. The Morgan fingerprint density at radius 3 is 2.09 bits per heavy atom. The molecule has 0 saturated carbocycles. The maximum atomic E-state index is 12.8. The standard InChI is InChI=1S/C25H31N3O3.ClH/c1-16(2)22(24(29)28-23(17(3)4)25(30)31-5)27-15-18-10-12-19(13-11-18)21-9-7-6-8-20(21)14-26;/h6-13,16-17,22-23,27H,15H2,1-5H3,(H,28,29);1H/t22-,23-;/m0./s1. The summed E-state index contributed by atoms with van der Waals surface area (Å²) in [5.74, 6) is -0.710. The van der Waals surface area contributed by atoms with Gasteiger partial charge in [0.15, 0.2) is 0 Å². The van der Waals surface area contributed by atoms with E-state index in [4.69, 9.17) is 4.74 Å². The molecular weight excluding hydrogens is 426 g/mol. The van der Waals surface area contributed by atoms with Gasteiger partial charge in [-0.2, -0.15) is 5.26 Å². The Morgan fingerprint density at radius 2 is 1.56 bits per heavy atom.